The normalized spacial score (nSPS) is 13.4. The predicted octanol–water partition coefficient (Wildman–Crippen LogP) is 2.81. The molecule has 1 aliphatic rings. The first kappa shape index (κ1) is 10.8. The number of anilines is 3. The fourth-order valence-electron chi connectivity index (χ4n) is 2.20. The highest BCUT2D eigenvalue weighted by atomic mass is 16.2. The van der Waals surface area contributed by atoms with Crippen LogP contribution in [0.15, 0.2) is 42.7 Å². The summed E-state index contributed by atoms with van der Waals surface area (Å²) in [4.78, 5) is 18.3. The molecule has 1 aromatic carbocycles. The van der Waals surface area contributed by atoms with Crippen molar-refractivity contribution in [3.8, 4) is 0 Å². The number of fused-ring (bicyclic) bond motifs is 2. The average molecular weight is 239 g/mol. The molecule has 0 unspecified atom stereocenters. The number of nitrogens with one attached hydrogen (secondary N) is 1. The molecule has 0 radical (unpaired) electrons. The second kappa shape index (κ2) is 4.14. The first-order chi connectivity index (χ1) is 8.81. The lowest BCUT2D eigenvalue weighted by Gasteiger charge is -2.20. The van der Waals surface area contributed by atoms with E-state index in [0.29, 0.717) is 12.1 Å². The van der Waals surface area contributed by atoms with Crippen LogP contribution in [0.3, 0.4) is 0 Å². The van der Waals surface area contributed by atoms with E-state index in [9.17, 15) is 4.79 Å². The highest BCUT2D eigenvalue weighted by Crippen LogP contribution is 2.34. The minimum atomic E-state index is 0.00681. The molecule has 2 heterocycles. The van der Waals surface area contributed by atoms with Crippen LogP contribution in [0.4, 0.5) is 17.1 Å². The number of hydrogen-bond acceptors (Lipinski definition) is 3. The Hall–Kier alpha value is -2.36. The van der Waals surface area contributed by atoms with Gasteiger partial charge in [0.2, 0.25) is 0 Å². The van der Waals surface area contributed by atoms with E-state index in [2.05, 4.69) is 10.3 Å². The Kier molecular flexibility index (Phi) is 2.48. The van der Waals surface area contributed by atoms with E-state index >= 15 is 0 Å². The van der Waals surface area contributed by atoms with Gasteiger partial charge in [0.05, 0.1) is 28.8 Å². The highest BCUT2D eigenvalue weighted by Gasteiger charge is 2.25. The summed E-state index contributed by atoms with van der Waals surface area (Å²) < 4.78 is 0. The minimum Gasteiger partial charge on any atom is -0.353 e. The largest absolute Gasteiger partial charge is 0.353 e. The van der Waals surface area contributed by atoms with Crippen molar-refractivity contribution in [3.05, 3.63) is 48.3 Å². The lowest BCUT2D eigenvalue weighted by atomic mass is 10.1. The molecule has 0 bridgehead atoms. The first-order valence-electron chi connectivity index (χ1n) is 5.93. The molecule has 0 spiro atoms. The quantitative estimate of drug-likeness (QED) is 0.832. The Morgan fingerprint density at radius 3 is 2.89 bits per heavy atom. The molecule has 0 fully saturated rings. The van der Waals surface area contributed by atoms with Gasteiger partial charge in [-0.3, -0.25) is 9.78 Å². The molecular formula is C14H13N3O. The number of para-hydroxylation sites is 1. The van der Waals surface area contributed by atoms with Gasteiger partial charge in [0, 0.05) is 12.7 Å². The molecule has 2 aromatic rings. The summed E-state index contributed by atoms with van der Waals surface area (Å²) >= 11 is 0. The molecule has 1 N–H and O–H groups in total. The van der Waals surface area contributed by atoms with Gasteiger partial charge in [0.15, 0.2) is 0 Å². The van der Waals surface area contributed by atoms with Crippen LogP contribution in [0, 0.1) is 0 Å². The zero-order valence-electron chi connectivity index (χ0n) is 10.1. The molecular weight excluding hydrogens is 226 g/mol. The number of hydrogen-bond donors (Lipinski definition) is 1. The lowest BCUT2D eigenvalue weighted by Crippen LogP contribution is -2.29. The van der Waals surface area contributed by atoms with Crippen LogP contribution in [0.1, 0.15) is 17.3 Å². The van der Waals surface area contributed by atoms with Crippen LogP contribution in [-0.2, 0) is 0 Å². The van der Waals surface area contributed by atoms with E-state index < -0.39 is 0 Å². The smallest absolute Gasteiger partial charge is 0.260 e. The van der Waals surface area contributed by atoms with Gasteiger partial charge in [-0.15, -0.1) is 0 Å². The van der Waals surface area contributed by atoms with E-state index in [0.717, 1.165) is 17.1 Å². The SMILES string of the molecule is CCN1C(=O)c2ccccc2Nc2ccncc21. The van der Waals surface area contributed by atoms with Gasteiger partial charge in [-0.2, -0.15) is 0 Å². The minimum absolute atomic E-state index is 0.00681. The van der Waals surface area contributed by atoms with Gasteiger partial charge in [0.1, 0.15) is 0 Å². The summed E-state index contributed by atoms with van der Waals surface area (Å²) in [6.45, 7) is 2.58. The topological polar surface area (TPSA) is 45.2 Å². The standard InChI is InChI=1S/C14H13N3O/c1-2-17-13-9-15-8-7-12(13)16-11-6-4-3-5-10(11)14(17)18/h3-9,16H,2H2,1H3. The van der Waals surface area contributed by atoms with Crippen molar-refractivity contribution < 1.29 is 4.79 Å². The van der Waals surface area contributed by atoms with Crippen molar-refractivity contribution in [1.29, 1.82) is 0 Å². The van der Waals surface area contributed by atoms with E-state index in [1.165, 1.54) is 0 Å². The van der Waals surface area contributed by atoms with E-state index in [-0.39, 0.29) is 5.91 Å². The first-order valence-corrected chi connectivity index (χ1v) is 5.93. The summed E-state index contributed by atoms with van der Waals surface area (Å²) in [5, 5.41) is 3.30. The van der Waals surface area contributed by atoms with Crippen molar-refractivity contribution in [3.63, 3.8) is 0 Å². The Morgan fingerprint density at radius 1 is 1.22 bits per heavy atom. The number of amides is 1. The van der Waals surface area contributed by atoms with Gasteiger partial charge in [-0.25, -0.2) is 0 Å². The van der Waals surface area contributed by atoms with Crippen LogP contribution in [0.5, 0.6) is 0 Å². The summed E-state index contributed by atoms with van der Waals surface area (Å²) in [6.07, 6.45) is 3.44. The van der Waals surface area contributed by atoms with Crippen molar-refractivity contribution in [2.24, 2.45) is 0 Å². The molecule has 90 valence electrons. The maximum absolute atomic E-state index is 12.5. The van der Waals surface area contributed by atoms with E-state index in [1.807, 2.05) is 37.3 Å². The van der Waals surface area contributed by atoms with E-state index in [1.54, 1.807) is 17.3 Å². The number of nitrogens with zero attached hydrogens (tertiary/aromatic N) is 2. The fourth-order valence-corrected chi connectivity index (χ4v) is 2.20. The average Bonchev–Trinajstić information content (AvgIpc) is 2.53. The van der Waals surface area contributed by atoms with Crippen molar-refractivity contribution in [2.45, 2.75) is 6.92 Å². The summed E-state index contributed by atoms with van der Waals surface area (Å²) in [6, 6.07) is 9.43. The summed E-state index contributed by atoms with van der Waals surface area (Å²) in [5.41, 5.74) is 3.26. The van der Waals surface area contributed by atoms with Gasteiger partial charge in [0.25, 0.3) is 5.91 Å². The van der Waals surface area contributed by atoms with Crippen LogP contribution in [0.2, 0.25) is 0 Å². The third kappa shape index (κ3) is 1.54. The number of pyridine rings is 1. The van der Waals surface area contributed by atoms with Crippen LogP contribution < -0.4 is 10.2 Å². The molecule has 0 atom stereocenters. The molecule has 1 aliphatic heterocycles. The van der Waals surface area contributed by atoms with Gasteiger partial charge in [-0.05, 0) is 25.1 Å². The Balaban J connectivity index is 2.23. The molecule has 18 heavy (non-hydrogen) atoms. The number of rotatable bonds is 1. The Labute approximate surface area is 105 Å². The van der Waals surface area contributed by atoms with Gasteiger partial charge in [-0.1, -0.05) is 12.1 Å². The Bertz CT molecular complexity index is 609. The maximum atomic E-state index is 12.5. The van der Waals surface area contributed by atoms with Crippen molar-refractivity contribution >= 4 is 23.0 Å². The van der Waals surface area contributed by atoms with Crippen molar-refractivity contribution in [1.82, 2.24) is 4.98 Å². The third-order valence-corrected chi connectivity index (χ3v) is 3.08. The van der Waals surface area contributed by atoms with Crippen LogP contribution >= 0.6 is 0 Å². The number of carbonyl (C=O) groups is 1. The third-order valence-electron chi connectivity index (χ3n) is 3.08. The predicted molar refractivity (Wildman–Crippen MR) is 71.3 cm³/mol. The molecule has 3 rings (SSSR count). The van der Waals surface area contributed by atoms with Crippen LogP contribution in [-0.4, -0.2) is 17.4 Å². The second-order valence-corrected chi connectivity index (χ2v) is 4.11. The number of aromatic nitrogens is 1. The summed E-state index contributed by atoms with van der Waals surface area (Å²) in [5.74, 6) is 0.00681. The molecule has 0 aliphatic carbocycles. The molecule has 1 amide bonds. The van der Waals surface area contributed by atoms with Gasteiger partial charge < -0.3 is 10.2 Å². The molecule has 4 heteroatoms. The molecule has 1 aromatic heterocycles. The fraction of sp³-hybridized carbons (Fsp3) is 0.143. The summed E-state index contributed by atoms with van der Waals surface area (Å²) in [7, 11) is 0. The lowest BCUT2D eigenvalue weighted by molar-refractivity contribution is 0.0989. The zero-order chi connectivity index (χ0) is 12.5. The number of benzene rings is 1. The Morgan fingerprint density at radius 2 is 2.06 bits per heavy atom. The van der Waals surface area contributed by atoms with Gasteiger partial charge >= 0.3 is 0 Å². The zero-order valence-corrected chi connectivity index (χ0v) is 10.1. The molecule has 0 saturated carbocycles. The second-order valence-electron chi connectivity index (χ2n) is 4.11. The molecule has 4 nitrogen and oxygen atoms in total. The molecule has 0 saturated heterocycles. The van der Waals surface area contributed by atoms with E-state index in [4.69, 9.17) is 0 Å². The monoisotopic (exact) mass is 239 g/mol. The highest BCUT2D eigenvalue weighted by molar-refractivity contribution is 6.13. The maximum Gasteiger partial charge on any atom is 0.260 e. The van der Waals surface area contributed by atoms with Crippen molar-refractivity contribution in [2.75, 3.05) is 16.8 Å². The number of carbonyl (C=O) groups excluding carboxylic acids is 1. The van der Waals surface area contributed by atoms with Crippen LogP contribution in [0.25, 0.3) is 0 Å².